The Morgan fingerprint density at radius 3 is 2.56 bits per heavy atom. The Labute approximate surface area is 158 Å². The van der Waals surface area contributed by atoms with Gasteiger partial charge in [-0.3, -0.25) is 4.79 Å². The topological polar surface area (TPSA) is 99.2 Å². The Morgan fingerprint density at radius 1 is 1.22 bits per heavy atom. The molecular weight excluding hydrogens is 375 g/mol. The third-order valence-electron chi connectivity index (χ3n) is 3.77. The first-order valence-electron chi connectivity index (χ1n) is 7.69. The van der Waals surface area contributed by atoms with Crippen LogP contribution in [0, 0.1) is 5.82 Å². The summed E-state index contributed by atoms with van der Waals surface area (Å²) in [6.45, 7) is 0. The quantitative estimate of drug-likeness (QED) is 0.668. The first-order chi connectivity index (χ1) is 12.9. The van der Waals surface area contributed by atoms with Crippen LogP contribution >= 0.6 is 11.6 Å². The normalized spacial score (nSPS) is 10.5. The minimum absolute atomic E-state index is 0.0208. The maximum atomic E-state index is 13.8. The van der Waals surface area contributed by atoms with E-state index < -0.39 is 17.7 Å². The summed E-state index contributed by atoms with van der Waals surface area (Å²) in [5.41, 5.74) is 6.90. The van der Waals surface area contributed by atoms with Crippen LogP contribution in [0.15, 0.2) is 48.7 Å². The Bertz CT molecular complexity index is 1020. The molecule has 3 aromatic rings. The molecule has 9 heteroatoms. The fourth-order valence-corrected chi connectivity index (χ4v) is 2.53. The number of nitrogens with zero attached hydrogens (tertiary/aromatic N) is 2. The van der Waals surface area contributed by atoms with Gasteiger partial charge in [0.15, 0.2) is 0 Å². The number of ether oxygens (including phenoxy) is 1. The van der Waals surface area contributed by atoms with Crippen molar-refractivity contribution in [3.8, 4) is 5.69 Å². The standard InChI is InChI=1S/C18H14ClFN4O3/c1-27-18(26)13-9-22-24(16(13)21)12-5-2-10(3-6-12)17(25)23-15-7-4-11(19)8-14(15)20/h2-9H,21H2,1H3,(H,23,25). The molecule has 138 valence electrons. The summed E-state index contributed by atoms with van der Waals surface area (Å²) in [6.07, 6.45) is 1.30. The van der Waals surface area contributed by atoms with Gasteiger partial charge in [0.05, 0.1) is 24.7 Å². The van der Waals surface area contributed by atoms with Crippen molar-refractivity contribution < 1.29 is 18.7 Å². The van der Waals surface area contributed by atoms with Crippen LogP contribution in [0.4, 0.5) is 15.9 Å². The molecule has 7 nitrogen and oxygen atoms in total. The summed E-state index contributed by atoms with van der Waals surface area (Å²) in [5.74, 6) is -1.61. The molecule has 0 unspecified atom stereocenters. The van der Waals surface area contributed by atoms with Crippen LogP contribution in [0.5, 0.6) is 0 Å². The van der Waals surface area contributed by atoms with Crippen LogP contribution in [-0.2, 0) is 4.74 Å². The number of carbonyl (C=O) groups is 2. The molecule has 0 radical (unpaired) electrons. The van der Waals surface area contributed by atoms with E-state index >= 15 is 0 Å². The number of anilines is 2. The van der Waals surface area contributed by atoms with E-state index in [0.29, 0.717) is 11.3 Å². The molecule has 0 aliphatic carbocycles. The summed E-state index contributed by atoms with van der Waals surface area (Å²) in [6, 6.07) is 10.2. The fourth-order valence-electron chi connectivity index (χ4n) is 2.37. The number of hydrogen-bond donors (Lipinski definition) is 2. The zero-order valence-corrected chi connectivity index (χ0v) is 14.8. The van der Waals surface area contributed by atoms with Gasteiger partial charge in [-0.2, -0.15) is 5.10 Å². The van der Waals surface area contributed by atoms with E-state index in [9.17, 15) is 14.0 Å². The van der Waals surface area contributed by atoms with Crippen molar-refractivity contribution in [3.63, 3.8) is 0 Å². The van der Waals surface area contributed by atoms with Crippen LogP contribution in [0.1, 0.15) is 20.7 Å². The number of rotatable bonds is 4. The Morgan fingerprint density at radius 2 is 1.93 bits per heavy atom. The lowest BCUT2D eigenvalue weighted by atomic mass is 10.2. The number of esters is 1. The number of methoxy groups -OCH3 is 1. The van der Waals surface area contributed by atoms with E-state index in [1.807, 2.05) is 0 Å². The Kier molecular flexibility index (Phi) is 5.09. The monoisotopic (exact) mass is 388 g/mol. The van der Waals surface area contributed by atoms with Crippen LogP contribution < -0.4 is 11.1 Å². The SMILES string of the molecule is COC(=O)c1cnn(-c2ccc(C(=O)Nc3ccc(Cl)cc3F)cc2)c1N. The first kappa shape index (κ1) is 18.4. The van der Waals surface area contributed by atoms with Crippen molar-refractivity contribution in [2.75, 3.05) is 18.2 Å². The number of nitrogens with two attached hydrogens (primary N) is 1. The summed E-state index contributed by atoms with van der Waals surface area (Å²) >= 11 is 5.69. The van der Waals surface area contributed by atoms with Gasteiger partial charge in [-0.25, -0.2) is 13.9 Å². The van der Waals surface area contributed by atoms with Gasteiger partial charge in [0.1, 0.15) is 17.2 Å². The number of aromatic nitrogens is 2. The van der Waals surface area contributed by atoms with Gasteiger partial charge >= 0.3 is 5.97 Å². The van der Waals surface area contributed by atoms with Gasteiger partial charge < -0.3 is 15.8 Å². The summed E-state index contributed by atoms with van der Waals surface area (Å²) < 4.78 is 19.8. The molecule has 3 rings (SSSR count). The van der Waals surface area contributed by atoms with Gasteiger partial charge in [0.25, 0.3) is 5.91 Å². The third kappa shape index (κ3) is 3.75. The van der Waals surface area contributed by atoms with Gasteiger partial charge in [-0.1, -0.05) is 11.6 Å². The number of nitrogen functional groups attached to an aromatic ring is 1. The molecule has 1 aromatic heterocycles. The van der Waals surface area contributed by atoms with Crippen molar-refractivity contribution in [1.29, 1.82) is 0 Å². The highest BCUT2D eigenvalue weighted by Gasteiger charge is 2.17. The molecule has 2 aromatic carbocycles. The molecule has 0 fully saturated rings. The number of amides is 1. The molecule has 0 saturated heterocycles. The zero-order chi connectivity index (χ0) is 19.6. The van der Waals surface area contributed by atoms with E-state index in [2.05, 4.69) is 15.2 Å². The predicted octanol–water partition coefficient (Wildman–Crippen LogP) is 3.29. The predicted molar refractivity (Wildman–Crippen MR) is 98.7 cm³/mol. The lowest BCUT2D eigenvalue weighted by molar-refractivity contribution is 0.0602. The van der Waals surface area contributed by atoms with Gasteiger partial charge in [-0.15, -0.1) is 0 Å². The second-order valence-electron chi connectivity index (χ2n) is 5.47. The molecule has 1 amide bonds. The highest BCUT2D eigenvalue weighted by Crippen LogP contribution is 2.21. The molecular formula is C18H14ClFN4O3. The van der Waals surface area contributed by atoms with Crippen LogP contribution in [0.25, 0.3) is 5.69 Å². The number of nitrogens with one attached hydrogen (secondary N) is 1. The molecule has 0 spiro atoms. The maximum Gasteiger partial charge on any atom is 0.343 e. The van der Waals surface area contributed by atoms with Crippen molar-refractivity contribution in [2.45, 2.75) is 0 Å². The second-order valence-corrected chi connectivity index (χ2v) is 5.91. The molecule has 0 aliphatic rings. The maximum absolute atomic E-state index is 13.8. The van der Waals surface area contributed by atoms with Crippen molar-refractivity contribution in [3.05, 3.63) is 70.6 Å². The first-order valence-corrected chi connectivity index (χ1v) is 8.07. The lowest BCUT2D eigenvalue weighted by Gasteiger charge is -2.08. The van der Waals surface area contributed by atoms with E-state index in [0.717, 1.165) is 6.07 Å². The second kappa shape index (κ2) is 7.46. The van der Waals surface area contributed by atoms with Crippen LogP contribution in [-0.4, -0.2) is 28.8 Å². The Balaban J connectivity index is 1.80. The lowest BCUT2D eigenvalue weighted by Crippen LogP contribution is -2.13. The van der Waals surface area contributed by atoms with E-state index in [1.54, 1.807) is 12.1 Å². The Hall–Kier alpha value is -3.39. The van der Waals surface area contributed by atoms with Crippen LogP contribution in [0.2, 0.25) is 5.02 Å². The molecule has 1 heterocycles. The van der Waals surface area contributed by atoms with Gasteiger partial charge in [0.2, 0.25) is 0 Å². The van der Waals surface area contributed by atoms with E-state index in [1.165, 1.54) is 42.3 Å². The summed E-state index contributed by atoms with van der Waals surface area (Å²) in [7, 11) is 1.25. The van der Waals surface area contributed by atoms with Crippen molar-refractivity contribution in [2.24, 2.45) is 0 Å². The molecule has 0 aliphatic heterocycles. The largest absolute Gasteiger partial charge is 0.465 e. The zero-order valence-electron chi connectivity index (χ0n) is 14.1. The minimum Gasteiger partial charge on any atom is -0.465 e. The average molecular weight is 389 g/mol. The number of hydrogen-bond acceptors (Lipinski definition) is 5. The highest BCUT2D eigenvalue weighted by atomic mass is 35.5. The average Bonchev–Trinajstić information content (AvgIpc) is 3.05. The highest BCUT2D eigenvalue weighted by molar-refractivity contribution is 6.30. The van der Waals surface area contributed by atoms with Crippen molar-refractivity contribution in [1.82, 2.24) is 9.78 Å². The summed E-state index contributed by atoms with van der Waals surface area (Å²) in [5, 5.41) is 6.75. The number of benzene rings is 2. The molecule has 3 N–H and O–H groups in total. The van der Waals surface area contributed by atoms with Gasteiger partial charge in [-0.05, 0) is 42.5 Å². The molecule has 0 atom stereocenters. The molecule has 0 saturated carbocycles. The van der Waals surface area contributed by atoms with Gasteiger partial charge in [0, 0.05) is 10.6 Å². The van der Waals surface area contributed by atoms with E-state index in [-0.39, 0.29) is 22.1 Å². The smallest absolute Gasteiger partial charge is 0.343 e. The third-order valence-corrected chi connectivity index (χ3v) is 4.00. The number of halogens is 2. The molecule has 27 heavy (non-hydrogen) atoms. The van der Waals surface area contributed by atoms with Crippen molar-refractivity contribution >= 4 is 35.0 Å². The molecule has 0 bridgehead atoms. The number of carbonyl (C=O) groups excluding carboxylic acids is 2. The van der Waals surface area contributed by atoms with E-state index in [4.69, 9.17) is 17.3 Å². The summed E-state index contributed by atoms with van der Waals surface area (Å²) in [4.78, 5) is 23.9. The minimum atomic E-state index is -0.632. The van der Waals surface area contributed by atoms with Crippen LogP contribution in [0.3, 0.4) is 0 Å². The fraction of sp³-hybridized carbons (Fsp3) is 0.0556.